The molecule has 1 amide bonds. The molecular weight excluding hydrogens is 454 g/mol. The average Bonchev–Trinajstić information content (AvgIpc) is 3.14. The molecule has 1 aliphatic rings. The van der Waals surface area contributed by atoms with E-state index in [9.17, 15) is 14.7 Å². The number of aliphatic hydroxyl groups is 1. The normalized spacial score (nSPS) is 16.9. The topological polar surface area (TPSA) is 76.1 Å². The molecule has 0 spiro atoms. The van der Waals surface area contributed by atoms with E-state index in [4.69, 9.17) is 9.47 Å². The summed E-state index contributed by atoms with van der Waals surface area (Å²) in [5.41, 5.74) is 4.27. The molecule has 4 rings (SSSR count). The molecule has 36 heavy (non-hydrogen) atoms. The van der Waals surface area contributed by atoms with Crippen molar-refractivity contribution in [1.82, 2.24) is 4.90 Å². The maximum atomic E-state index is 13.3. The van der Waals surface area contributed by atoms with Gasteiger partial charge in [0.05, 0.1) is 25.3 Å². The van der Waals surface area contributed by atoms with Gasteiger partial charge in [0.1, 0.15) is 17.3 Å². The first-order chi connectivity index (χ1) is 17.3. The molecule has 6 heteroatoms. The molecule has 0 aromatic heterocycles. The van der Waals surface area contributed by atoms with E-state index in [1.54, 1.807) is 30.2 Å². The predicted octanol–water partition coefficient (Wildman–Crippen LogP) is 5.38. The minimum atomic E-state index is -0.685. The number of methoxy groups -OCH3 is 1. The number of rotatable bonds is 8. The molecule has 1 aliphatic heterocycles. The van der Waals surface area contributed by atoms with Gasteiger partial charge >= 0.3 is 0 Å². The van der Waals surface area contributed by atoms with Crippen molar-refractivity contribution >= 4 is 17.4 Å². The molecule has 1 N–H and O–H groups in total. The minimum absolute atomic E-state index is 0.0992. The fourth-order valence-electron chi connectivity index (χ4n) is 4.52. The molecule has 1 atom stereocenters. The van der Waals surface area contributed by atoms with E-state index < -0.39 is 17.7 Å². The average molecular weight is 486 g/mol. The van der Waals surface area contributed by atoms with Gasteiger partial charge in [-0.15, -0.1) is 0 Å². The van der Waals surface area contributed by atoms with Gasteiger partial charge < -0.3 is 19.5 Å². The van der Waals surface area contributed by atoms with Crippen LogP contribution in [0.3, 0.4) is 0 Å². The first-order valence-corrected chi connectivity index (χ1v) is 12.1. The van der Waals surface area contributed by atoms with Crippen LogP contribution in [0.4, 0.5) is 0 Å². The number of benzene rings is 3. The Labute approximate surface area is 211 Å². The van der Waals surface area contributed by atoms with Gasteiger partial charge in [-0.25, -0.2) is 0 Å². The molecule has 1 saturated heterocycles. The van der Waals surface area contributed by atoms with Crippen molar-refractivity contribution in [2.24, 2.45) is 0 Å². The molecule has 3 aromatic rings. The Morgan fingerprint density at radius 1 is 0.972 bits per heavy atom. The van der Waals surface area contributed by atoms with Crippen molar-refractivity contribution in [1.29, 1.82) is 0 Å². The van der Waals surface area contributed by atoms with Gasteiger partial charge in [-0.2, -0.15) is 0 Å². The van der Waals surface area contributed by atoms with Gasteiger partial charge in [0.2, 0.25) is 0 Å². The van der Waals surface area contributed by atoms with E-state index in [0.717, 1.165) is 28.0 Å². The molecule has 0 saturated carbocycles. The summed E-state index contributed by atoms with van der Waals surface area (Å²) in [5.74, 6) is -0.0109. The third kappa shape index (κ3) is 4.98. The first kappa shape index (κ1) is 25.0. The highest BCUT2D eigenvalue weighted by atomic mass is 16.5. The van der Waals surface area contributed by atoms with Crippen LogP contribution in [0, 0.1) is 13.8 Å². The van der Waals surface area contributed by atoms with Crippen molar-refractivity contribution in [3.05, 3.63) is 100 Å². The number of amides is 1. The van der Waals surface area contributed by atoms with Gasteiger partial charge in [0.25, 0.3) is 11.7 Å². The van der Waals surface area contributed by atoms with Crippen molar-refractivity contribution in [2.75, 3.05) is 20.3 Å². The van der Waals surface area contributed by atoms with Crippen LogP contribution in [0.25, 0.3) is 5.76 Å². The number of aryl methyl sites for hydroxylation is 2. The summed E-state index contributed by atoms with van der Waals surface area (Å²) in [6.45, 7) is 6.62. The van der Waals surface area contributed by atoms with E-state index in [-0.39, 0.29) is 11.3 Å². The molecule has 1 fully saturated rings. The van der Waals surface area contributed by atoms with Crippen LogP contribution in [0.2, 0.25) is 0 Å². The van der Waals surface area contributed by atoms with E-state index in [1.165, 1.54) is 0 Å². The summed E-state index contributed by atoms with van der Waals surface area (Å²) < 4.78 is 10.8. The lowest BCUT2D eigenvalue weighted by atomic mass is 9.94. The van der Waals surface area contributed by atoms with Gasteiger partial charge in [-0.3, -0.25) is 9.59 Å². The Morgan fingerprint density at radius 3 is 2.28 bits per heavy atom. The van der Waals surface area contributed by atoms with Crippen LogP contribution in [-0.2, 0) is 16.0 Å². The number of likely N-dealkylation sites (tertiary alicyclic amines) is 1. The lowest BCUT2D eigenvalue weighted by molar-refractivity contribution is -0.139. The molecule has 0 radical (unpaired) electrons. The summed E-state index contributed by atoms with van der Waals surface area (Å²) in [7, 11) is 1.61. The van der Waals surface area contributed by atoms with E-state index in [1.807, 2.05) is 69.3 Å². The predicted molar refractivity (Wildman–Crippen MR) is 139 cm³/mol. The summed E-state index contributed by atoms with van der Waals surface area (Å²) in [6.07, 6.45) is 0.557. The molecule has 0 aliphatic carbocycles. The summed E-state index contributed by atoms with van der Waals surface area (Å²) in [6, 6.07) is 19.9. The number of hydrogen-bond acceptors (Lipinski definition) is 5. The number of aliphatic hydroxyl groups excluding tert-OH is 1. The zero-order valence-electron chi connectivity index (χ0n) is 21.1. The van der Waals surface area contributed by atoms with Crippen LogP contribution in [0.1, 0.15) is 40.8 Å². The Morgan fingerprint density at radius 2 is 1.67 bits per heavy atom. The smallest absolute Gasteiger partial charge is 0.295 e. The number of ether oxygens (including phenoxy) is 2. The van der Waals surface area contributed by atoms with Crippen LogP contribution in [0.15, 0.2) is 72.3 Å². The fraction of sp³-hybridized carbons (Fsp3) is 0.267. The largest absolute Gasteiger partial charge is 0.507 e. The van der Waals surface area contributed by atoms with Gasteiger partial charge in [-0.05, 0) is 74.2 Å². The Kier molecular flexibility index (Phi) is 7.44. The molecular formula is C30H31NO5. The monoisotopic (exact) mass is 485 g/mol. The Balaban J connectivity index is 1.74. The molecule has 1 unspecified atom stereocenters. The lowest BCUT2D eigenvalue weighted by Crippen LogP contribution is -2.31. The van der Waals surface area contributed by atoms with Gasteiger partial charge in [0, 0.05) is 12.1 Å². The quantitative estimate of drug-likeness (QED) is 0.264. The Bertz CT molecular complexity index is 1290. The lowest BCUT2D eigenvalue weighted by Gasteiger charge is -2.25. The fourth-order valence-corrected chi connectivity index (χ4v) is 4.52. The van der Waals surface area contributed by atoms with Gasteiger partial charge in [-0.1, -0.05) is 42.0 Å². The van der Waals surface area contributed by atoms with E-state index in [2.05, 4.69) is 0 Å². The zero-order valence-corrected chi connectivity index (χ0v) is 21.1. The Hall–Kier alpha value is -4.06. The summed E-state index contributed by atoms with van der Waals surface area (Å²) in [4.78, 5) is 28.1. The molecule has 1 heterocycles. The number of Topliss-reactive ketones (excluding diaryl/α,β-unsaturated/α-hetero) is 1. The third-order valence-electron chi connectivity index (χ3n) is 6.48. The van der Waals surface area contributed by atoms with Crippen molar-refractivity contribution in [3.8, 4) is 11.5 Å². The van der Waals surface area contributed by atoms with Crippen molar-refractivity contribution in [2.45, 2.75) is 33.2 Å². The number of ketones is 1. The number of carbonyl (C=O) groups is 2. The molecule has 3 aromatic carbocycles. The minimum Gasteiger partial charge on any atom is -0.507 e. The van der Waals surface area contributed by atoms with E-state index in [0.29, 0.717) is 30.9 Å². The zero-order chi connectivity index (χ0) is 25.8. The molecule has 186 valence electrons. The second-order valence-corrected chi connectivity index (χ2v) is 8.91. The first-order valence-electron chi connectivity index (χ1n) is 12.1. The summed E-state index contributed by atoms with van der Waals surface area (Å²) >= 11 is 0. The standard InChI is InChI=1S/C30H31NO5/c1-5-36-25-15-12-23(18-20(25)3)28(32)26-27(22-10-6-19(2)7-11-22)31(30(34)29(26)33)17-16-21-8-13-24(35-4)14-9-21/h6-15,18,27,32H,5,16-17H2,1-4H3/b28-26+. The highest BCUT2D eigenvalue weighted by Gasteiger charge is 2.45. The SMILES string of the molecule is CCOc1ccc(/C(O)=C2\C(=O)C(=O)N(CCc3ccc(OC)cc3)C2c2ccc(C)cc2)cc1C. The van der Waals surface area contributed by atoms with Gasteiger partial charge in [0.15, 0.2) is 0 Å². The van der Waals surface area contributed by atoms with Crippen molar-refractivity contribution < 1.29 is 24.2 Å². The number of carbonyl (C=O) groups excluding carboxylic acids is 2. The van der Waals surface area contributed by atoms with Crippen LogP contribution in [-0.4, -0.2) is 42.0 Å². The number of nitrogens with zero attached hydrogens (tertiary/aromatic N) is 1. The third-order valence-corrected chi connectivity index (χ3v) is 6.48. The highest BCUT2D eigenvalue weighted by Crippen LogP contribution is 2.40. The second kappa shape index (κ2) is 10.7. The van der Waals surface area contributed by atoms with Crippen molar-refractivity contribution in [3.63, 3.8) is 0 Å². The second-order valence-electron chi connectivity index (χ2n) is 8.91. The maximum absolute atomic E-state index is 13.3. The maximum Gasteiger partial charge on any atom is 0.295 e. The molecule has 6 nitrogen and oxygen atoms in total. The van der Waals surface area contributed by atoms with Crippen LogP contribution >= 0.6 is 0 Å². The molecule has 0 bridgehead atoms. The number of hydrogen-bond donors (Lipinski definition) is 1. The van der Waals surface area contributed by atoms with Crippen LogP contribution in [0.5, 0.6) is 11.5 Å². The summed E-state index contributed by atoms with van der Waals surface area (Å²) in [5, 5.41) is 11.3. The van der Waals surface area contributed by atoms with Crippen LogP contribution < -0.4 is 9.47 Å². The van der Waals surface area contributed by atoms with E-state index >= 15 is 0 Å². The highest BCUT2D eigenvalue weighted by molar-refractivity contribution is 6.46.